The molecule has 0 aliphatic rings. The number of fused-ring (bicyclic) bond motifs is 1. The summed E-state index contributed by atoms with van der Waals surface area (Å²) >= 11 is 0. The van der Waals surface area contributed by atoms with E-state index in [1.165, 1.54) is 13.8 Å². The molecule has 3 aromatic rings. The van der Waals surface area contributed by atoms with E-state index in [1.54, 1.807) is 36.4 Å². The predicted molar refractivity (Wildman–Crippen MR) is 114 cm³/mol. The Morgan fingerprint density at radius 2 is 1.40 bits per heavy atom. The molecule has 2 N–H and O–H groups in total. The Morgan fingerprint density at radius 1 is 0.800 bits per heavy atom. The van der Waals surface area contributed by atoms with Crippen molar-refractivity contribution in [3.05, 3.63) is 71.8 Å². The second-order valence-corrected chi connectivity index (χ2v) is 6.68. The van der Waals surface area contributed by atoms with E-state index >= 15 is 0 Å². The molecule has 3 rings (SSSR count). The third-order valence-corrected chi connectivity index (χ3v) is 4.28. The minimum atomic E-state index is -0.715. The number of carbonyl (C=O) groups excluding carboxylic acids is 4. The molecule has 0 fully saturated rings. The molecular weight excluding hydrogens is 384 g/mol. The Kier molecular flexibility index (Phi) is 6.22. The van der Waals surface area contributed by atoms with Crippen molar-refractivity contribution in [3.8, 4) is 0 Å². The normalized spacial score (nSPS) is 10.3. The summed E-state index contributed by atoms with van der Waals surface area (Å²) in [7, 11) is 0. The van der Waals surface area contributed by atoms with Gasteiger partial charge in [0, 0.05) is 25.1 Å². The molecular formula is C23H20N2O5. The number of nitrogens with one attached hydrogen (secondary N) is 2. The van der Waals surface area contributed by atoms with E-state index in [1.807, 2.05) is 24.3 Å². The molecule has 0 saturated heterocycles. The van der Waals surface area contributed by atoms with Crippen molar-refractivity contribution in [1.29, 1.82) is 0 Å². The Balaban J connectivity index is 1.75. The SMILES string of the molecule is CC(=O)Nc1ccc(C(=O)COC(=O)c2cc3ccccc3cc2NC(C)=O)cc1. The number of amides is 2. The summed E-state index contributed by atoms with van der Waals surface area (Å²) in [4.78, 5) is 47.6. The summed E-state index contributed by atoms with van der Waals surface area (Å²) in [5, 5.41) is 6.90. The summed E-state index contributed by atoms with van der Waals surface area (Å²) in [6.45, 7) is 2.28. The van der Waals surface area contributed by atoms with Crippen molar-refractivity contribution >= 4 is 45.7 Å². The van der Waals surface area contributed by atoms with Crippen LogP contribution in [0.25, 0.3) is 10.8 Å². The minimum absolute atomic E-state index is 0.165. The standard InChI is InChI=1S/C23H20N2O5/c1-14(26)24-19-9-7-16(8-10-19)22(28)13-30-23(29)20-11-17-5-3-4-6-18(17)12-21(20)25-15(2)27/h3-12H,13H2,1-2H3,(H,24,26)(H,25,27). The van der Waals surface area contributed by atoms with Gasteiger partial charge in [-0.3, -0.25) is 14.4 Å². The number of hydrogen-bond donors (Lipinski definition) is 2. The average molecular weight is 404 g/mol. The summed E-state index contributed by atoms with van der Waals surface area (Å²) < 4.78 is 5.20. The van der Waals surface area contributed by atoms with Crippen molar-refractivity contribution in [3.63, 3.8) is 0 Å². The van der Waals surface area contributed by atoms with Gasteiger partial charge in [-0.1, -0.05) is 24.3 Å². The first-order chi connectivity index (χ1) is 14.3. The average Bonchev–Trinajstić information content (AvgIpc) is 2.71. The minimum Gasteiger partial charge on any atom is -0.454 e. The lowest BCUT2D eigenvalue weighted by Crippen LogP contribution is -2.17. The van der Waals surface area contributed by atoms with Gasteiger partial charge in [0.25, 0.3) is 0 Å². The van der Waals surface area contributed by atoms with Gasteiger partial charge >= 0.3 is 5.97 Å². The first kappa shape index (κ1) is 20.7. The number of carbonyl (C=O) groups is 4. The van der Waals surface area contributed by atoms with Gasteiger partial charge in [-0.05, 0) is 47.2 Å². The van der Waals surface area contributed by atoms with Crippen LogP contribution in [-0.2, 0) is 14.3 Å². The quantitative estimate of drug-likeness (QED) is 0.481. The highest BCUT2D eigenvalue weighted by Crippen LogP contribution is 2.25. The molecule has 0 aliphatic heterocycles. The van der Waals surface area contributed by atoms with E-state index in [4.69, 9.17) is 4.74 Å². The van der Waals surface area contributed by atoms with Gasteiger partial charge in [-0.2, -0.15) is 0 Å². The molecule has 0 spiro atoms. The van der Waals surface area contributed by atoms with Gasteiger partial charge in [0.15, 0.2) is 12.4 Å². The molecule has 0 saturated carbocycles. The molecule has 0 aliphatic carbocycles. The van der Waals surface area contributed by atoms with Gasteiger partial charge in [-0.25, -0.2) is 4.79 Å². The Hall–Kier alpha value is -4.00. The molecule has 0 aromatic heterocycles. The number of rotatable bonds is 6. The van der Waals surface area contributed by atoms with Crippen molar-refractivity contribution in [2.24, 2.45) is 0 Å². The van der Waals surface area contributed by atoms with Gasteiger partial charge in [0.05, 0.1) is 11.3 Å². The molecule has 7 heteroatoms. The van der Waals surface area contributed by atoms with Gasteiger partial charge < -0.3 is 15.4 Å². The zero-order valence-corrected chi connectivity index (χ0v) is 16.5. The van der Waals surface area contributed by atoms with Crippen LogP contribution in [0.15, 0.2) is 60.7 Å². The summed E-state index contributed by atoms with van der Waals surface area (Å²) in [6, 6.07) is 17.0. The number of ketones is 1. The molecule has 0 heterocycles. The van der Waals surface area contributed by atoms with E-state index in [-0.39, 0.29) is 23.2 Å². The monoisotopic (exact) mass is 404 g/mol. The van der Waals surface area contributed by atoms with Crippen molar-refractivity contribution < 1.29 is 23.9 Å². The largest absolute Gasteiger partial charge is 0.454 e. The molecule has 30 heavy (non-hydrogen) atoms. The number of Topliss-reactive ketones (excluding diaryl/α,β-unsaturated/α-hetero) is 1. The fraction of sp³-hybridized carbons (Fsp3) is 0.130. The van der Waals surface area contributed by atoms with E-state index in [9.17, 15) is 19.2 Å². The summed E-state index contributed by atoms with van der Waals surface area (Å²) in [5.74, 6) is -1.64. The third kappa shape index (κ3) is 5.08. The third-order valence-electron chi connectivity index (χ3n) is 4.28. The predicted octanol–water partition coefficient (Wildman–Crippen LogP) is 3.80. The maximum atomic E-state index is 12.6. The van der Waals surface area contributed by atoms with Crippen LogP contribution in [0.4, 0.5) is 11.4 Å². The van der Waals surface area contributed by atoms with Crippen molar-refractivity contribution in [1.82, 2.24) is 0 Å². The second-order valence-electron chi connectivity index (χ2n) is 6.68. The topological polar surface area (TPSA) is 102 Å². The lowest BCUT2D eigenvalue weighted by Gasteiger charge is -2.12. The maximum absolute atomic E-state index is 12.6. The van der Waals surface area contributed by atoms with E-state index in [0.29, 0.717) is 16.9 Å². The molecule has 0 radical (unpaired) electrons. The van der Waals surface area contributed by atoms with E-state index < -0.39 is 12.6 Å². The first-order valence-electron chi connectivity index (χ1n) is 9.22. The molecule has 0 bridgehead atoms. The van der Waals surface area contributed by atoms with Gasteiger partial charge in [-0.15, -0.1) is 0 Å². The molecule has 152 valence electrons. The van der Waals surface area contributed by atoms with Crippen LogP contribution in [0.3, 0.4) is 0 Å². The number of hydrogen-bond acceptors (Lipinski definition) is 5. The van der Waals surface area contributed by atoms with Gasteiger partial charge in [0.2, 0.25) is 11.8 Å². The smallest absolute Gasteiger partial charge is 0.340 e. The van der Waals surface area contributed by atoms with E-state index in [0.717, 1.165) is 10.8 Å². The number of benzene rings is 3. The highest BCUT2D eigenvalue weighted by molar-refractivity contribution is 6.06. The fourth-order valence-corrected chi connectivity index (χ4v) is 2.94. The van der Waals surface area contributed by atoms with Gasteiger partial charge in [0.1, 0.15) is 0 Å². The Labute approximate surface area is 173 Å². The zero-order valence-electron chi connectivity index (χ0n) is 16.5. The fourth-order valence-electron chi connectivity index (χ4n) is 2.94. The van der Waals surface area contributed by atoms with Crippen molar-refractivity contribution in [2.75, 3.05) is 17.2 Å². The summed E-state index contributed by atoms with van der Waals surface area (Å²) in [6.07, 6.45) is 0. The molecule has 0 atom stereocenters. The highest BCUT2D eigenvalue weighted by atomic mass is 16.5. The summed E-state index contributed by atoms with van der Waals surface area (Å²) in [5.41, 5.74) is 1.39. The van der Waals surface area contributed by atoms with Crippen LogP contribution in [0.5, 0.6) is 0 Å². The van der Waals surface area contributed by atoms with Crippen LogP contribution < -0.4 is 10.6 Å². The number of esters is 1. The van der Waals surface area contributed by atoms with Crippen LogP contribution >= 0.6 is 0 Å². The van der Waals surface area contributed by atoms with Crippen LogP contribution in [-0.4, -0.2) is 30.2 Å². The maximum Gasteiger partial charge on any atom is 0.340 e. The van der Waals surface area contributed by atoms with Crippen LogP contribution in [0.1, 0.15) is 34.6 Å². The lowest BCUT2D eigenvalue weighted by molar-refractivity contribution is -0.115. The highest BCUT2D eigenvalue weighted by Gasteiger charge is 2.17. The molecule has 3 aromatic carbocycles. The van der Waals surface area contributed by atoms with E-state index in [2.05, 4.69) is 10.6 Å². The van der Waals surface area contributed by atoms with Crippen LogP contribution in [0.2, 0.25) is 0 Å². The molecule has 0 unspecified atom stereocenters. The number of anilines is 2. The number of ether oxygens (including phenoxy) is 1. The van der Waals surface area contributed by atoms with Crippen molar-refractivity contribution in [2.45, 2.75) is 13.8 Å². The lowest BCUT2D eigenvalue weighted by atomic mass is 10.0. The van der Waals surface area contributed by atoms with Crippen LogP contribution in [0, 0.1) is 0 Å². The Morgan fingerprint density at radius 3 is 2.00 bits per heavy atom. The molecule has 7 nitrogen and oxygen atoms in total. The Bertz CT molecular complexity index is 1140. The zero-order chi connectivity index (χ0) is 21.7. The second kappa shape index (κ2) is 9.00. The molecule has 2 amide bonds. The first-order valence-corrected chi connectivity index (χ1v) is 9.22.